The summed E-state index contributed by atoms with van der Waals surface area (Å²) in [6, 6.07) is 0. The number of rotatable bonds is 9. The van der Waals surface area contributed by atoms with Gasteiger partial charge in [-0.15, -0.1) is 0 Å². The molecule has 110 valence electrons. The third-order valence-corrected chi connectivity index (χ3v) is 3.90. The van der Waals surface area contributed by atoms with E-state index in [-0.39, 0.29) is 0 Å². The Morgan fingerprint density at radius 3 is 2.53 bits per heavy atom. The van der Waals surface area contributed by atoms with Crippen LogP contribution in [0.15, 0.2) is 0 Å². The topological polar surface area (TPSA) is 39.1 Å². The summed E-state index contributed by atoms with van der Waals surface area (Å²) in [4.78, 5) is 0. The Bertz CT molecular complexity index is 370. The summed E-state index contributed by atoms with van der Waals surface area (Å²) in [6.45, 7) is 12.3. The highest BCUT2D eigenvalue weighted by Crippen LogP contribution is 2.17. The monoisotopic (exact) mass is 267 g/mol. The fourth-order valence-electron chi connectivity index (χ4n) is 2.35. The number of nitrogens with one attached hydrogen (secondary N) is 1. The van der Waals surface area contributed by atoms with Crippen LogP contribution >= 0.6 is 0 Å². The molecule has 0 bridgehead atoms. The van der Waals surface area contributed by atoms with Gasteiger partial charge in [-0.2, -0.15) is 5.10 Å². The Morgan fingerprint density at radius 1 is 1.26 bits per heavy atom. The third-order valence-electron chi connectivity index (χ3n) is 3.90. The quantitative estimate of drug-likeness (QED) is 0.699. The first-order valence-corrected chi connectivity index (χ1v) is 7.36. The molecule has 1 rings (SSSR count). The van der Waals surface area contributed by atoms with Crippen molar-refractivity contribution in [2.45, 2.75) is 53.6 Å². The van der Waals surface area contributed by atoms with Crippen molar-refractivity contribution in [2.75, 3.05) is 20.3 Å². The second-order valence-electron chi connectivity index (χ2n) is 5.18. The average Bonchev–Trinajstić information content (AvgIpc) is 2.67. The molecule has 0 amide bonds. The zero-order valence-electron chi connectivity index (χ0n) is 13.1. The maximum atomic E-state index is 5.04. The van der Waals surface area contributed by atoms with Gasteiger partial charge in [-0.25, -0.2) is 0 Å². The van der Waals surface area contributed by atoms with E-state index in [0.29, 0.717) is 0 Å². The lowest BCUT2D eigenvalue weighted by Gasteiger charge is -2.13. The summed E-state index contributed by atoms with van der Waals surface area (Å²) in [7, 11) is 1.73. The number of aryl methyl sites for hydroxylation is 1. The van der Waals surface area contributed by atoms with E-state index in [2.05, 4.69) is 37.7 Å². The predicted molar refractivity (Wildman–Crippen MR) is 79.4 cm³/mol. The van der Waals surface area contributed by atoms with Gasteiger partial charge >= 0.3 is 0 Å². The minimum absolute atomic E-state index is 0.729. The summed E-state index contributed by atoms with van der Waals surface area (Å²) in [6.07, 6.45) is 2.44. The molecular weight excluding hydrogens is 238 g/mol. The molecule has 0 unspecified atom stereocenters. The molecule has 0 aliphatic rings. The molecule has 19 heavy (non-hydrogen) atoms. The first kappa shape index (κ1) is 16.2. The Balaban J connectivity index is 2.65. The Kier molecular flexibility index (Phi) is 7.10. The van der Waals surface area contributed by atoms with Crippen LogP contribution in [-0.4, -0.2) is 30.0 Å². The normalized spacial score (nSPS) is 11.5. The second-order valence-corrected chi connectivity index (χ2v) is 5.18. The van der Waals surface area contributed by atoms with E-state index in [1.54, 1.807) is 7.11 Å². The highest BCUT2D eigenvalue weighted by atomic mass is 16.5. The largest absolute Gasteiger partial charge is 0.383 e. The molecular formula is C15H29N3O. The first-order valence-electron chi connectivity index (χ1n) is 7.36. The van der Waals surface area contributed by atoms with Gasteiger partial charge < -0.3 is 10.1 Å². The van der Waals surface area contributed by atoms with Crippen molar-refractivity contribution in [1.29, 1.82) is 0 Å². The molecule has 0 aromatic carbocycles. The van der Waals surface area contributed by atoms with Crippen LogP contribution in [0.2, 0.25) is 0 Å². The van der Waals surface area contributed by atoms with Gasteiger partial charge in [-0.1, -0.05) is 26.7 Å². The van der Waals surface area contributed by atoms with Crippen LogP contribution in [0.5, 0.6) is 0 Å². The van der Waals surface area contributed by atoms with E-state index in [0.717, 1.165) is 37.9 Å². The van der Waals surface area contributed by atoms with Gasteiger partial charge in [-0.3, -0.25) is 4.68 Å². The van der Waals surface area contributed by atoms with Gasteiger partial charge in [0.1, 0.15) is 0 Å². The number of methoxy groups -OCH3 is 1. The zero-order valence-corrected chi connectivity index (χ0v) is 13.1. The van der Waals surface area contributed by atoms with E-state index in [4.69, 9.17) is 9.84 Å². The van der Waals surface area contributed by atoms with Gasteiger partial charge in [0, 0.05) is 38.0 Å². The Hall–Kier alpha value is -0.870. The van der Waals surface area contributed by atoms with Crippen molar-refractivity contribution in [1.82, 2.24) is 15.1 Å². The van der Waals surface area contributed by atoms with Crippen LogP contribution in [0.1, 0.15) is 43.6 Å². The minimum Gasteiger partial charge on any atom is -0.383 e. The molecule has 0 saturated heterocycles. The number of ether oxygens (including phenoxy) is 1. The van der Waals surface area contributed by atoms with Crippen molar-refractivity contribution in [2.24, 2.45) is 5.92 Å². The molecule has 0 radical (unpaired) electrons. The molecule has 1 aromatic heterocycles. The van der Waals surface area contributed by atoms with Crippen molar-refractivity contribution in [3.63, 3.8) is 0 Å². The molecule has 0 aliphatic carbocycles. The SMILES string of the molecule is CCC(CC)Cn1nc(C)c(CNCCOC)c1C. The van der Waals surface area contributed by atoms with Crippen molar-refractivity contribution < 1.29 is 4.74 Å². The molecule has 4 heteroatoms. The molecule has 0 atom stereocenters. The highest BCUT2D eigenvalue weighted by Gasteiger charge is 2.13. The van der Waals surface area contributed by atoms with Gasteiger partial charge in [0.25, 0.3) is 0 Å². The van der Waals surface area contributed by atoms with Crippen LogP contribution < -0.4 is 5.32 Å². The van der Waals surface area contributed by atoms with Gasteiger partial charge in [0.15, 0.2) is 0 Å². The number of aromatic nitrogens is 2. The fourth-order valence-corrected chi connectivity index (χ4v) is 2.35. The molecule has 0 spiro atoms. The first-order chi connectivity index (χ1) is 9.13. The van der Waals surface area contributed by atoms with Gasteiger partial charge in [0.05, 0.1) is 12.3 Å². The maximum absolute atomic E-state index is 5.04. The molecule has 1 aromatic rings. The maximum Gasteiger partial charge on any atom is 0.0641 e. The number of hydrogen-bond donors (Lipinski definition) is 1. The molecule has 0 aliphatic heterocycles. The minimum atomic E-state index is 0.729. The van der Waals surface area contributed by atoms with Crippen LogP contribution in [0.25, 0.3) is 0 Å². The number of nitrogens with zero attached hydrogens (tertiary/aromatic N) is 2. The summed E-state index contributed by atoms with van der Waals surface area (Å²) in [5.41, 5.74) is 3.78. The number of hydrogen-bond acceptors (Lipinski definition) is 3. The molecule has 0 fully saturated rings. The Morgan fingerprint density at radius 2 is 1.95 bits per heavy atom. The van der Waals surface area contributed by atoms with Gasteiger partial charge in [0.2, 0.25) is 0 Å². The second kappa shape index (κ2) is 8.33. The molecule has 4 nitrogen and oxygen atoms in total. The lowest BCUT2D eigenvalue weighted by Crippen LogP contribution is -2.19. The standard InChI is InChI=1S/C15H29N3O/c1-6-14(7-2)11-18-13(4)15(12(3)17-18)10-16-8-9-19-5/h14,16H,6-11H2,1-5H3. The fraction of sp³-hybridized carbons (Fsp3) is 0.800. The average molecular weight is 267 g/mol. The van der Waals surface area contributed by atoms with Crippen molar-refractivity contribution in [3.8, 4) is 0 Å². The Labute approximate surface area is 117 Å². The summed E-state index contributed by atoms with van der Waals surface area (Å²) >= 11 is 0. The summed E-state index contributed by atoms with van der Waals surface area (Å²) in [5.74, 6) is 0.729. The van der Waals surface area contributed by atoms with Gasteiger partial charge in [-0.05, 0) is 19.8 Å². The lowest BCUT2D eigenvalue weighted by molar-refractivity contribution is 0.199. The molecule has 1 heterocycles. The van der Waals surface area contributed by atoms with E-state index in [9.17, 15) is 0 Å². The van der Waals surface area contributed by atoms with E-state index >= 15 is 0 Å². The van der Waals surface area contributed by atoms with Crippen LogP contribution in [0, 0.1) is 19.8 Å². The van der Waals surface area contributed by atoms with Crippen LogP contribution in [0.4, 0.5) is 0 Å². The lowest BCUT2D eigenvalue weighted by atomic mass is 10.0. The van der Waals surface area contributed by atoms with Crippen LogP contribution in [-0.2, 0) is 17.8 Å². The molecule has 1 N–H and O–H groups in total. The zero-order chi connectivity index (χ0) is 14.3. The highest BCUT2D eigenvalue weighted by molar-refractivity contribution is 5.24. The smallest absolute Gasteiger partial charge is 0.0641 e. The molecule has 0 saturated carbocycles. The van der Waals surface area contributed by atoms with E-state index in [1.807, 2.05) is 0 Å². The van der Waals surface area contributed by atoms with Crippen LogP contribution in [0.3, 0.4) is 0 Å². The van der Waals surface area contributed by atoms with E-state index in [1.165, 1.54) is 24.1 Å². The summed E-state index contributed by atoms with van der Waals surface area (Å²) in [5, 5.41) is 8.09. The summed E-state index contributed by atoms with van der Waals surface area (Å²) < 4.78 is 7.22. The predicted octanol–water partition coefficient (Wildman–Crippen LogP) is 2.67. The van der Waals surface area contributed by atoms with Crippen molar-refractivity contribution >= 4 is 0 Å². The van der Waals surface area contributed by atoms with E-state index < -0.39 is 0 Å². The van der Waals surface area contributed by atoms with Crippen molar-refractivity contribution in [3.05, 3.63) is 17.0 Å². The third kappa shape index (κ3) is 4.62.